The molecule has 1 heterocycles. The molecule has 2 aromatic carbocycles. The Kier molecular flexibility index (Phi) is 7.27. The maximum atomic E-state index is 13.5. The lowest BCUT2D eigenvalue weighted by Gasteiger charge is -2.17. The van der Waals surface area contributed by atoms with Gasteiger partial charge in [0, 0.05) is 27.9 Å². The van der Waals surface area contributed by atoms with Crippen LogP contribution in [-0.2, 0) is 15.9 Å². The molecular formula is C22H20ClF3N4O4S. The molecule has 13 heteroatoms. The largest absolute Gasteiger partial charge is 0.493 e. The summed E-state index contributed by atoms with van der Waals surface area (Å²) in [5.74, 6) is -1.28. The zero-order valence-electron chi connectivity index (χ0n) is 18.9. The number of methoxy groups -OCH3 is 1. The molecule has 0 aliphatic heterocycles. The van der Waals surface area contributed by atoms with Gasteiger partial charge in [0.1, 0.15) is 5.56 Å². The lowest BCUT2D eigenvalue weighted by molar-refractivity contribution is -0.142. The van der Waals surface area contributed by atoms with Crippen molar-refractivity contribution >= 4 is 32.9 Å². The number of nitrogens with zero attached hydrogens (tertiary/aromatic N) is 2. The van der Waals surface area contributed by atoms with E-state index in [2.05, 4.69) is 15.5 Å². The van der Waals surface area contributed by atoms with E-state index in [0.29, 0.717) is 10.6 Å². The quantitative estimate of drug-likeness (QED) is 0.414. The van der Waals surface area contributed by atoms with Crippen molar-refractivity contribution in [2.45, 2.75) is 24.9 Å². The summed E-state index contributed by atoms with van der Waals surface area (Å²) in [7, 11) is -1.74. The normalized spacial score (nSPS) is 13.1. The fourth-order valence-electron chi connectivity index (χ4n) is 3.10. The molecule has 1 atom stereocenters. The highest BCUT2D eigenvalue weighted by Crippen LogP contribution is 2.39. The van der Waals surface area contributed by atoms with Crippen molar-refractivity contribution < 1.29 is 31.6 Å². The van der Waals surface area contributed by atoms with E-state index in [1.807, 2.05) is 0 Å². The third-order valence-corrected chi connectivity index (χ3v) is 6.43. The molecular weight excluding hydrogens is 509 g/mol. The first-order valence-electron chi connectivity index (χ1n) is 9.84. The molecule has 0 saturated heterocycles. The Labute approximate surface area is 204 Å². The minimum atomic E-state index is -4.88. The summed E-state index contributed by atoms with van der Waals surface area (Å²) in [6.07, 6.45) is -3.68. The molecule has 0 spiro atoms. The van der Waals surface area contributed by atoms with Gasteiger partial charge >= 0.3 is 6.18 Å². The highest BCUT2D eigenvalue weighted by atomic mass is 35.5. The van der Waals surface area contributed by atoms with Gasteiger partial charge in [-0.05, 0) is 49.2 Å². The van der Waals surface area contributed by atoms with Crippen molar-refractivity contribution in [1.82, 2.24) is 10.2 Å². The number of alkyl halides is 3. The van der Waals surface area contributed by atoms with Crippen LogP contribution in [-0.4, -0.2) is 33.7 Å². The molecule has 0 radical (unpaired) electrons. The Morgan fingerprint density at radius 2 is 1.83 bits per heavy atom. The number of amides is 1. The predicted molar refractivity (Wildman–Crippen MR) is 124 cm³/mol. The highest BCUT2D eigenvalue weighted by molar-refractivity contribution is 7.91. The van der Waals surface area contributed by atoms with Crippen LogP contribution in [0, 0.1) is 18.6 Å². The van der Waals surface area contributed by atoms with Crippen molar-refractivity contribution in [3.63, 3.8) is 0 Å². The zero-order chi connectivity index (χ0) is 26.1. The van der Waals surface area contributed by atoms with Gasteiger partial charge in [-0.2, -0.15) is 13.2 Å². The van der Waals surface area contributed by atoms with E-state index in [-0.39, 0.29) is 22.1 Å². The number of rotatable bonds is 6. The van der Waals surface area contributed by atoms with Crippen LogP contribution >= 0.6 is 11.6 Å². The van der Waals surface area contributed by atoms with Gasteiger partial charge < -0.3 is 14.8 Å². The van der Waals surface area contributed by atoms with Crippen LogP contribution in [0.5, 0.6) is 17.4 Å². The summed E-state index contributed by atoms with van der Waals surface area (Å²) in [6.45, 7) is 2.78. The number of aromatic nitrogens is 2. The van der Waals surface area contributed by atoms with Gasteiger partial charge in [0.05, 0.1) is 16.8 Å². The number of hydrogen-bond donors (Lipinski definition) is 2. The number of carbonyl (C=O) groups is 1. The number of carbonyl (C=O) groups excluding carboxylic acids is 1. The van der Waals surface area contributed by atoms with Gasteiger partial charge in [-0.1, -0.05) is 17.7 Å². The zero-order valence-corrected chi connectivity index (χ0v) is 20.5. The van der Waals surface area contributed by atoms with E-state index in [1.54, 1.807) is 13.0 Å². The number of nitrogens with one attached hydrogen (secondary N) is 2. The minimum Gasteiger partial charge on any atom is -0.493 e. The Bertz CT molecular complexity index is 1410. The van der Waals surface area contributed by atoms with E-state index >= 15 is 0 Å². The van der Waals surface area contributed by atoms with Crippen molar-refractivity contribution in [3.05, 3.63) is 63.8 Å². The molecule has 35 heavy (non-hydrogen) atoms. The van der Waals surface area contributed by atoms with E-state index in [9.17, 15) is 22.2 Å². The van der Waals surface area contributed by atoms with Crippen LogP contribution in [0.25, 0.3) is 0 Å². The van der Waals surface area contributed by atoms with Gasteiger partial charge in [-0.25, -0.2) is 8.99 Å². The van der Waals surface area contributed by atoms with Crippen molar-refractivity contribution in [1.29, 1.82) is 4.78 Å². The molecule has 2 N–H and O–H groups in total. The van der Waals surface area contributed by atoms with Gasteiger partial charge in [0.25, 0.3) is 11.8 Å². The predicted octanol–water partition coefficient (Wildman–Crippen LogP) is 5.85. The summed E-state index contributed by atoms with van der Waals surface area (Å²) in [4.78, 5) is 13.3. The monoisotopic (exact) mass is 528 g/mol. The first kappa shape index (κ1) is 26.2. The second-order valence-electron chi connectivity index (χ2n) is 7.53. The van der Waals surface area contributed by atoms with Crippen LogP contribution in [0.2, 0.25) is 5.02 Å². The number of anilines is 1. The van der Waals surface area contributed by atoms with E-state index in [0.717, 1.165) is 6.92 Å². The molecule has 186 valence electrons. The molecule has 1 amide bonds. The third-order valence-electron chi connectivity index (χ3n) is 4.87. The Balaban J connectivity index is 2.12. The molecule has 0 fully saturated rings. The number of benzene rings is 2. The van der Waals surface area contributed by atoms with Crippen molar-refractivity contribution in [3.8, 4) is 17.4 Å². The van der Waals surface area contributed by atoms with E-state index < -0.39 is 44.5 Å². The van der Waals surface area contributed by atoms with Gasteiger partial charge in [0.15, 0.2) is 17.2 Å². The molecule has 0 saturated carbocycles. The second-order valence-corrected chi connectivity index (χ2v) is 10.1. The molecule has 8 nitrogen and oxygen atoms in total. The second kappa shape index (κ2) is 9.70. The molecule has 0 aliphatic carbocycles. The average molecular weight is 529 g/mol. The smallest absolute Gasteiger partial charge is 0.435 e. The standard InChI is InChI=1S/C22H20ClF3N4O4S/c1-11-8-16(33-3)17(10-15(11)23)34-21-18(12(2)19(29-30-21)22(24,25)26)20(31)28-13-6-5-7-14(9-13)35(4,27)32/h5-10,27H,1-4H3,(H,28,31). The van der Waals surface area contributed by atoms with Crippen LogP contribution in [0.15, 0.2) is 41.3 Å². The maximum Gasteiger partial charge on any atom is 0.435 e. The summed E-state index contributed by atoms with van der Waals surface area (Å²) < 4.78 is 71.2. The Morgan fingerprint density at radius 3 is 2.43 bits per heavy atom. The van der Waals surface area contributed by atoms with Crippen molar-refractivity contribution in [2.75, 3.05) is 18.7 Å². The van der Waals surface area contributed by atoms with Crippen molar-refractivity contribution in [2.24, 2.45) is 0 Å². The third kappa shape index (κ3) is 5.82. The average Bonchev–Trinajstić information content (AvgIpc) is 2.74. The Morgan fingerprint density at radius 1 is 1.14 bits per heavy atom. The summed E-state index contributed by atoms with van der Waals surface area (Å²) in [6, 6.07) is 8.56. The van der Waals surface area contributed by atoms with Crippen LogP contribution in [0.4, 0.5) is 18.9 Å². The lowest BCUT2D eigenvalue weighted by Crippen LogP contribution is -2.21. The molecule has 1 aromatic heterocycles. The summed E-state index contributed by atoms with van der Waals surface area (Å²) >= 11 is 6.15. The Hall–Kier alpha value is -3.38. The summed E-state index contributed by atoms with van der Waals surface area (Å²) in [5.41, 5.74) is -1.64. The van der Waals surface area contributed by atoms with Gasteiger partial charge in [-0.3, -0.25) is 4.79 Å². The summed E-state index contributed by atoms with van der Waals surface area (Å²) in [5, 5.41) is 9.48. The highest BCUT2D eigenvalue weighted by Gasteiger charge is 2.38. The number of halogens is 4. The van der Waals surface area contributed by atoms with Crippen LogP contribution in [0.3, 0.4) is 0 Å². The fourth-order valence-corrected chi connectivity index (χ4v) is 3.94. The van der Waals surface area contributed by atoms with E-state index in [4.69, 9.17) is 25.9 Å². The number of aryl methyl sites for hydroxylation is 1. The first-order chi connectivity index (χ1) is 16.2. The molecule has 0 bridgehead atoms. The molecule has 0 aliphatic rings. The van der Waals surface area contributed by atoms with Gasteiger partial charge in [0.2, 0.25) is 0 Å². The first-order valence-corrected chi connectivity index (χ1v) is 12.2. The maximum absolute atomic E-state index is 13.5. The van der Waals surface area contributed by atoms with Gasteiger partial charge in [-0.15, -0.1) is 10.2 Å². The minimum absolute atomic E-state index is 0.00698. The lowest BCUT2D eigenvalue weighted by atomic mass is 10.1. The molecule has 1 unspecified atom stereocenters. The molecule has 3 rings (SSSR count). The number of hydrogen-bond acceptors (Lipinski definition) is 7. The molecule has 3 aromatic rings. The topological polar surface area (TPSA) is 114 Å². The number of ether oxygens (including phenoxy) is 2. The SMILES string of the molecule is COc1cc(C)c(Cl)cc1Oc1nnc(C(F)(F)F)c(C)c1C(=O)Nc1cccc(S(C)(=N)=O)c1. The van der Waals surface area contributed by atoms with E-state index in [1.165, 1.54) is 43.7 Å². The van der Waals surface area contributed by atoms with Crippen LogP contribution < -0.4 is 14.8 Å². The van der Waals surface area contributed by atoms with Crippen LogP contribution in [0.1, 0.15) is 27.2 Å². The fraction of sp³-hybridized carbons (Fsp3) is 0.227.